The van der Waals surface area contributed by atoms with Gasteiger partial charge in [0.1, 0.15) is 18.7 Å². The number of pyridine rings is 1. The number of fused-ring (bicyclic) bond motifs is 1. The maximum absolute atomic E-state index is 13.8. The van der Waals surface area contributed by atoms with Crippen molar-refractivity contribution in [1.29, 1.82) is 0 Å². The third kappa shape index (κ3) is 10.0. The number of rotatable bonds is 12. The fourth-order valence-corrected chi connectivity index (χ4v) is 12.1. The molecule has 0 aliphatic carbocycles. The third-order valence-electron chi connectivity index (χ3n) is 13.9. The van der Waals surface area contributed by atoms with Gasteiger partial charge in [0.25, 0.3) is 0 Å². The minimum absolute atomic E-state index is 0.0239. The molecule has 5 aromatic rings. The first-order valence-electron chi connectivity index (χ1n) is 23.5. The van der Waals surface area contributed by atoms with Crippen LogP contribution in [0, 0.1) is 12.8 Å². The molecule has 4 saturated heterocycles. The number of ether oxygens (including phenoxy) is 1. The lowest BCUT2D eigenvalue weighted by atomic mass is 9.90. The average molecular weight is 992 g/mol. The molecular formula is C50H60BrN10O5P. The van der Waals surface area contributed by atoms with Gasteiger partial charge in [0.15, 0.2) is 0 Å². The number of imide groups is 1. The van der Waals surface area contributed by atoms with E-state index in [1.807, 2.05) is 55.5 Å². The van der Waals surface area contributed by atoms with Gasteiger partial charge in [-0.2, -0.15) is 4.98 Å². The molecule has 67 heavy (non-hydrogen) atoms. The van der Waals surface area contributed by atoms with E-state index in [-0.39, 0.29) is 29.6 Å². The fourth-order valence-electron chi connectivity index (χ4n) is 10.4. The molecule has 0 saturated carbocycles. The molecule has 3 amide bonds. The number of carbonyl (C=O) groups excluding carboxylic acids is 3. The van der Waals surface area contributed by atoms with Gasteiger partial charge in [0.2, 0.25) is 23.7 Å². The summed E-state index contributed by atoms with van der Waals surface area (Å²) >= 11 is 3.62. The van der Waals surface area contributed by atoms with Gasteiger partial charge in [0.05, 0.1) is 40.3 Å². The van der Waals surface area contributed by atoms with Gasteiger partial charge in [-0.05, 0) is 116 Å². The Morgan fingerprint density at radius 3 is 2.33 bits per heavy atom. The Kier molecular flexibility index (Phi) is 13.6. The van der Waals surface area contributed by atoms with Crippen molar-refractivity contribution < 1.29 is 23.7 Å². The van der Waals surface area contributed by atoms with Gasteiger partial charge >= 0.3 is 0 Å². The lowest BCUT2D eigenvalue weighted by molar-refractivity contribution is -0.137. The predicted octanol–water partition coefficient (Wildman–Crippen LogP) is 7.56. The van der Waals surface area contributed by atoms with Crippen LogP contribution in [-0.4, -0.2) is 121 Å². The molecule has 3 N–H and O–H groups in total. The quantitative estimate of drug-likeness (QED) is 0.0830. The molecule has 6 heterocycles. The molecule has 0 spiro atoms. The van der Waals surface area contributed by atoms with E-state index in [4.69, 9.17) is 9.72 Å². The van der Waals surface area contributed by atoms with Crippen LogP contribution in [-0.2, 0) is 25.4 Å². The lowest BCUT2D eigenvalue weighted by Gasteiger charge is -2.44. The highest BCUT2D eigenvalue weighted by Crippen LogP contribution is 2.43. The van der Waals surface area contributed by atoms with Gasteiger partial charge in [-0.15, -0.1) is 0 Å². The Morgan fingerprint density at radius 1 is 0.881 bits per heavy atom. The maximum atomic E-state index is 13.8. The minimum Gasteiger partial charge on any atom is -0.494 e. The second-order valence-electron chi connectivity index (χ2n) is 18.6. The van der Waals surface area contributed by atoms with Crippen LogP contribution in [0.1, 0.15) is 61.8 Å². The summed E-state index contributed by atoms with van der Waals surface area (Å²) in [4.78, 5) is 61.3. The Bertz CT molecular complexity index is 2730. The topological polar surface area (TPSA) is 165 Å². The summed E-state index contributed by atoms with van der Waals surface area (Å²) in [7, 11) is -1.05. The van der Waals surface area contributed by atoms with E-state index in [1.54, 1.807) is 26.6 Å². The van der Waals surface area contributed by atoms with Crippen molar-refractivity contribution in [3.05, 3.63) is 88.2 Å². The molecule has 0 radical (unpaired) electrons. The number of aromatic nitrogens is 3. The molecule has 15 nitrogen and oxygen atoms in total. The summed E-state index contributed by atoms with van der Waals surface area (Å²) < 4.78 is 20.3. The first-order chi connectivity index (χ1) is 32.3. The number of halogens is 1. The number of methoxy groups -OCH3 is 1. The van der Waals surface area contributed by atoms with E-state index in [2.05, 4.69) is 80.5 Å². The van der Waals surface area contributed by atoms with Gasteiger partial charge < -0.3 is 34.6 Å². The molecule has 2 atom stereocenters. The number of nitrogens with one attached hydrogen (secondary N) is 3. The summed E-state index contributed by atoms with van der Waals surface area (Å²) in [6, 6.07) is 20.6. The van der Waals surface area contributed by atoms with Crippen molar-refractivity contribution in [3.8, 4) is 5.75 Å². The molecular weight excluding hydrogens is 931 g/mol. The number of benzene rings is 3. The van der Waals surface area contributed by atoms with Crippen molar-refractivity contribution in [1.82, 2.24) is 30.1 Å². The summed E-state index contributed by atoms with van der Waals surface area (Å²) in [6.07, 6.45) is 6.35. The number of hydrogen-bond donors (Lipinski definition) is 3. The molecule has 4 aliphatic rings. The Labute approximate surface area is 400 Å². The van der Waals surface area contributed by atoms with Crippen LogP contribution in [0.4, 0.5) is 34.5 Å². The van der Waals surface area contributed by atoms with Crippen molar-refractivity contribution in [2.45, 2.75) is 64.3 Å². The highest BCUT2D eigenvalue weighted by atomic mass is 79.9. The zero-order valence-corrected chi connectivity index (χ0v) is 41.5. The molecule has 17 heteroatoms. The smallest absolute Gasteiger partial charge is 0.234 e. The van der Waals surface area contributed by atoms with Gasteiger partial charge in [-0.1, -0.05) is 25.1 Å². The second-order valence-corrected chi connectivity index (χ2v) is 22.6. The largest absolute Gasteiger partial charge is 0.494 e. The van der Waals surface area contributed by atoms with E-state index >= 15 is 0 Å². The van der Waals surface area contributed by atoms with E-state index in [1.165, 1.54) is 11.3 Å². The highest BCUT2D eigenvalue weighted by molar-refractivity contribution is 9.10. The predicted molar refractivity (Wildman–Crippen MR) is 270 cm³/mol. The van der Waals surface area contributed by atoms with Gasteiger partial charge in [0, 0.05) is 105 Å². The molecule has 3 aromatic carbocycles. The maximum Gasteiger partial charge on any atom is 0.234 e. The average Bonchev–Trinajstić information content (AvgIpc) is 3.83. The highest BCUT2D eigenvalue weighted by Gasteiger charge is 2.36. The summed E-state index contributed by atoms with van der Waals surface area (Å²) in [5.74, 6) is 1.12. The third-order valence-corrected chi connectivity index (χ3v) is 16.1. The zero-order valence-electron chi connectivity index (χ0n) is 39.0. The number of hydrogen-bond acceptors (Lipinski definition) is 13. The van der Waals surface area contributed by atoms with Crippen molar-refractivity contribution in [2.24, 2.45) is 5.92 Å². The summed E-state index contributed by atoms with van der Waals surface area (Å²) in [6.45, 7) is 14.3. The van der Waals surface area contributed by atoms with Crippen LogP contribution in [0.15, 0.2) is 71.3 Å². The fraction of sp³-hybridized carbons (Fsp3) is 0.440. The normalized spacial score (nSPS) is 19.8. The van der Waals surface area contributed by atoms with E-state index in [0.717, 1.165) is 110 Å². The van der Waals surface area contributed by atoms with Crippen molar-refractivity contribution >= 4 is 91.5 Å². The Morgan fingerprint density at radius 2 is 1.63 bits per heavy atom. The molecule has 0 unspecified atom stereocenters. The first-order valence-corrected chi connectivity index (χ1v) is 26.9. The number of aryl methyl sites for hydroxylation is 2. The monoisotopic (exact) mass is 990 g/mol. The lowest BCUT2D eigenvalue weighted by Crippen LogP contribution is -2.55. The van der Waals surface area contributed by atoms with E-state index in [0.29, 0.717) is 53.1 Å². The number of nitrogens with zero attached hydrogens (tertiary/aromatic N) is 7. The van der Waals surface area contributed by atoms with E-state index in [9.17, 15) is 18.9 Å². The standard InChI is InChI=1S/C50H60BrN10O5P/c1-6-32-27-42(55-50-52-29-39(51)47(57-50)54-41-15-14-40-38(12-7-31(2)53-40)46(41)67(4,5)65)44(66-3)28-43(32)59-21-18-36(19-22-59)58-23-25-60(26-24-58)49(64)34-17-20-61(30-34)35-10-8-33(9-11-35)37-13-16-45(62)56-48(37)63/h7-12,14-15,27-29,34,36-37H,6,13,16-26,30H2,1-5H3,(H,56,62,63)(H2,52,54,55,57)/t34-,37-/m1/s1. The van der Waals surface area contributed by atoms with Crippen LogP contribution < -0.4 is 35.8 Å². The van der Waals surface area contributed by atoms with Crippen LogP contribution in [0.2, 0.25) is 0 Å². The SMILES string of the molecule is CCc1cc(Nc2ncc(Br)c(Nc3ccc4nc(C)ccc4c3P(C)(C)=O)n2)c(OC)cc1N1CCC(N2CCN(C(=O)[C@@H]3CCN(c4ccc([C@H]5CCC(=O)NC5=O)cc4)C3)CC2)CC1. The molecule has 352 valence electrons. The Hall–Kier alpha value is -5.57. The van der Waals surface area contributed by atoms with Crippen LogP contribution in [0.5, 0.6) is 5.75 Å². The number of amides is 3. The number of piperazine rings is 1. The molecule has 9 rings (SSSR count). The molecule has 4 fully saturated rings. The summed E-state index contributed by atoms with van der Waals surface area (Å²) in [5.41, 5.74) is 7.53. The molecule has 2 aromatic heterocycles. The number of anilines is 6. The van der Waals surface area contributed by atoms with Crippen LogP contribution >= 0.6 is 23.1 Å². The van der Waals surface area contributed by atoms with Gasteiger partial charge in [-0.25, -0.2) is 4.98 Å². The number of carbonyl (C=O) groups is 3. The zero-order chi connectivity index (χ0) is 47.0. The van der Waals surface area contributed by atoms with E-state index < -0.39 is 7.14 Å². The molecule has 0 bridgehead atoms. The molecule has 4 aliphatic heterocycles. The van der Waals surface area contributed by atoms with Gasteiger partial charge in [-0.3, -0.25) is 29.6 Å². The second kappa shape index (κ2) is 19.6. The van der Waals surface area contributed by atoms with Crippen LogP contribution in [0.3, 0.4) is 0 Å². The number of piperidine rings is 2. The van der Waals surface area contributed by atoms with Crippen molar-refractivity contribution in [3.63, 3.8) is 0 Å². The minimum atomic E-state index is -2.73. The summed E-state index contributed by atoms with van der Waals surface area (Å²) in [5, 5.41) is 10.9. The van der Waals surface area contributed by atoms with Crippen LogP contribution in [0.25, 0.3) is 10.9 Å². The first kappa shape index (κ1) is 46.5. The Balaban J connectivity index is 0.790. The van der Waals surface area contributed by atoms with Crippen molar-refractivity contribution in [2.75, 3.05) is 93.2 Å².